The molecule has 1 heterocycles. The van der Waals surface area contributed by atoms with Crippen LogP contribution in [-0.2, 0) is 6.54 Å². The van der Waals surface area contributed by atoms with E-state index in [1.54, 1.807) is 12.3 Å². The second-order valence-corrected chi connectivity index (χ2v) is 3.61. The molecule has 1 aromatic heterocycles. The standard InChI is InChI=1S/C11H15N3O/c1-9(8-15)14(2)7-10-3-4-13-11(5-10)6-12/h3-5,9,15H,7-8H2,1-2H3. The van der Waals surface area contributed by atoms with Gasteiger partial charge in [-0.05, 0) is 31.7 Å². The summed E-state index contributed by atoms with van der Waals surface area (Å²) < 4.78 is 0. The minimum absolute atomic E-state index is 0.115. The molecule has 0 aromatic carbocycles. The number of aromatic nitrogens is 1. The summed E-state index contributed by atoms with van der Waals surface area (Å²) in [5.74, 6) is 0. The first-order valence-electron chi connectivity index (χ1n) is 4.83. The Balaban J connectivity index is 2.68. The molecule has 4 heteroatoms. The van der Waals surface area contributed by atoms with Gasteiger partial charge in [-0.25, -0.2) is 4.98 Å². The molecule has 1 atom stereocenters. The van der Waals surface area contributed by atoms with Crippen LogP contribution in [0.4, 0.5) is 0 Å². The summed E-state index contributed by atoms with van der Waals surface area (Å²) in [6, 6.07) is 5.76. The molecule has 4 nitrogen and oxygen atoms in total. The van der Waals surface area contributed by atoms with Crippen LogP contribution in [-0.4, -0.2) is 34.7 Å². The minimum atomic E-state index is 0.115. The van der Waals surface area contributed by atoms with E-state index >= 15 is 0 Å². The third-order valence-electron chi connectivity index (χ3n) is 2.39. The van der Waals surface area contributed by atoms with Gasteiger partial charge in [-0.15, -0.1) is 0 Å². The minimum Gasteiger partial charge on any atom is -0.395 e. The van der Waals surface area contributed by atoms with Crippen molar-refractivity contribution in [3.05, 3.63) is 29.6 Å². The average molecular weight is 205 g/mol. The van der Waals surface area contributed by atoms with Gasteiger partial charge in [-0.1, -0.05) is 0 Å². The van der Waals surface area contributed by atoms with Crippen molar-refractivity contribution in [2.75, 3.05) is 13.7 Å². The first kappa shape index (κ1) is 11.6. The van der Waals surface area contributed by atoms with Crippen molar-refractivity contribution in [3.63, 3.8) is 0 Å². The highest BCUT2D eigenvalue weighted by Crippen LogP contribution is 2.06. The van der Waals surface area contributed by atoms with Crippen molar-refractivity contribution in [3.8, 4) is 6.07 Å². The van der Waals surface area contributed by atoms with E-state index in [1.807, 2.05) is 31.0 Å². The Morgan fingerprint density at radius 3 is 3.00 bits per heavy atom. The van der Waals surface area contributed by atoms with E-state index in [0.717, 1.165) is 5.56 Å². The fourth-order valence-corrected chi connectivity index (χ4v) is 1.22. The van der Waals surface area contributed by atoms with Gasteiger partial charge in [0.1, 0.15) is 11.8 Å². The quantitative estimate of drug-likeness (QED) is 0.788. The maximum Gasteiger partial charge on any atom is 0.140 e. The van der Waals surface area contributed by atoms with E-state index in [-0.39, 0.29) is 12.6 Å². The van der Waals surface area contributed by atoms with Crippen LogP contribution in [0.1, 0.15) is 18.2 Å². The second kappa shape index (κ2) is 5.44. The molecule has 1 aromatic rings. The lowest BCUT2D eigenvalue weighted by molar-refractivity contribution is 0.154. The summed E-state index contributed by atoms with van der Waals surface area (Å²) in [5.41, 5.74) is 1.46. The fraction of sp³-hybridized carbons (Fsp3) is 0.455. The molecule has 80 valence electrons. The van der Waals surface area contributed by atoms with Crippen LogP contribution >= 0.6 is 0 Å². The molecule has 15 heavy (non-hydrogen) atoms. The fourth-order valence-electron chi connectivity index (χ4n) is 1.22. The molecule has 1 rings (SSSR count). The van der Waals surface area contributed by atoms with Crippen LogP contribution in [0.3, 0.4) is 0 Å². The number of hydrogen-bond acceptors (Lipinski definition) is 4. The van der Waals surface area contributed by atoms with E-state index in [9.17, 15) is 0 Å². The monoisotopic (exact) mass is 205 g/mol. The van der Waals surface area contributed by atoms with Gasteiger partial charge < -0.3 is 5.11 Å². The highest BCUT2D eigenvalue weighted by atomic mass is 16.3. The number of nitrogens with zero attached hydrogens (tertiary/aromatic N) is 3. The largest absolute Gasteiger partial charge is 0.395 e. The first-order valence-corrected chi connectivity index (χ1v) is 4.83. The third-order valence-corrected chi connectivity index (χ3v) is 2.39. The van der Waals surface area contributed by atoms with Crippen molar-refractivity contribution >= 4 is 0 Å². The Kier molecular flexibility index (Phi) is 4.22. The number of likely N-dealkylation sites (N-methyl/N-ethyl adjacent to an activating group) is 1. The number of aliphatic hydroxyl groups is 1. The van der Waals surface area contributed by atoms with Gasteiger partial charge in [-0.2, -0.15) is 5.26 Å². The summed E-state index contributed by atoms with van der Waals surface area (Å²) >= 11 is 0. The zero-order valence-electron chi connectivity index (χ0n) is 9.01. The van der Waals surface area contributed by atoms with E-state index in [2.05, 4.69) is 4.98 Å². The number of aliphatic hydroxyl groups excluding tert-OH is 1. The van der Waals surface area contributed by atoms with Crippen molar-refractivity contribution in [2.24, 2.45) is 0 Å². The molecular weight excluding hydrogens is 190 g/mol. The predicted octanol–water partition coefficient (Wildman–Crippen LogP) is 0.766. The van der Waals surface area contributed by atoms with E-state index in [0.29, 0.717) is 12.2 Å². The summed E-state index contributed by atoms with van der Waals surface area (Å²) in [4.78, 5) is 5.93. The Hall–Kier alpha value is -1.44. The molecular formula is C11H15N3O. The first-order chi connectivity index (χ1) is 7.17. The van der Waals surface area contributed by atoms with Gasteiger partial charge >= 0.3 is 0 Å². The Bertz CT molecular complexity index is 359. The van der Waals surface area contributed by atoms with Gasteiger partial charge in [0.15, 0.2) is 0 Å². The van der Waals surface area contributed by atoms with Gasteiger partial charge in [-0.3, -0.25) is 4.90 Å². The third kappa shape index (κ3) is 3.31. The van der Waals surface area contributed by atoms with E-state index in [1.165, 1.54) is 0 Å². The zero-order valence-corrected chi connectivity index (χ0v) is 9.01. The van der Waals surface area contributed by atoms with Crippen LogP contribution in [0.2, 0.25) is 0 Å². The number of hydrogen-bond donors (Lipinski definition) is 1. The molecule has 1 unspecified atom stereocenters. The SMILES string of the molecule is CC(CO)N(C)Cc1ccnc(C#N)c1. The lowest BCUT2D eigenvalue weighted by atomic mass is 10.2. The topological polar surface area (TPSA) is 60.1 Å². The highest BCUT2D eigenvalue weighted by Gasteiger charge is 2.08. The van der Waals surface area contributed by atoms with Crippen molar-refractivity contribution in [1.29, 1.82) is 5.26 Å². The van der Waals surface area contributed by atoms with Crippen LogP contribution in [0.5, 0.6) is 0 Å². The Morgan fingerprint density at radius 1 is 1.67 bits per heavy atom. The molecule has 0 aliphatic carbocycles. The van der Waals surface area contributed by atoms with Crippen LogP contribution < -0.4 is 0 Å². The van der Waals surface area contributed by atoms with Gasteiger partial charge in [0.05, 0.1) is 6.61 Å². The summed E-state index contributed by atoms with van der Waals surface area (Å²) in [6.07, 6.45) is 1.63. The van der Waals surface area contributed by atoms with Crippen LogP contribution in [0, 0.1) is 11.3 Å². The molecule has 0 saturated carbocycles. The number of nitriles is 1. The lowest BCUT2D eigenvalue weighted by Crippen LogP contribution is -2.31. The van der Waals surface area contributed by atoms with Crippen molar-refractivity contribution in [2.45, 2.75) is 19.5 Å². The molecule has 0 saturated heterocycles. The van der Waals surface area contributed by atoms with Crippen molar-refractivity contribution in [1.82, 2.24) is 9.88 Å². The lowest BCUT2D eigenvalue weighted by Gasteiger charge is -2.22. The van der Waals surface area contributed by atoms with Crippen LogP contribution in [0.25, 0.3) is 0 Å². The van der Waals surface area contributed by atoms with E-state index < -0.39 is 0 Å². The molecule has 0 aliphatic rings. The maximum absolute atomic E-state index is 8.98. The highest BCUT2D eigenvalue weighted by molar-refractivity contribution is 5.25. The number of pyridine rings is 1. The molecule has 0 amide bonds. The van der Waals surface area contributed by atoms with E-state index in [4.69, 9.17) is 10.4 Å². The van der Waals surface area contributed by atoms with Gasteiger partial charge in [0.25, 0.3) is 0 Å². The normalized spacial score (nSPS) is 12.5. The molecule has 1 N–H and O–H groups in total. The molecule has 0 fully saturated rings. The maximum atomic E-state index is 8.98. The number of rotatable bonds is 4. The molecule has 0 radical (unpaired) electrons. The molecule has 0 spiro atoms. The average Bonchev–Trinajstić information content (AvgIpc) is 2.28. The zero-order chi connectivity index (χ0) is 11.3. The predicted molar refractivity (Wildman–Crippen MR) is 57.0 cm³/mol. The molecule has 0 aliphatic heterocycles. The van der Waals surface area contributed by atoms with Crippen molar-refractivity contribution < 1.29 is 5.11 Å². The summed E-state index contributed by atoms with van der Waals surface area (Å²) in [5, 5.41) is 17.7. The van der Waals surface area contributed by atoms with Gasteiger partial charge in [0.2, 0.25) is 0 Å². The summed E-state index contributed by atoms with van der Waals surface area (Å²) in [7, 11) is 1.94. The smallest absolute Gasteiger partial charge is 0.140 e. The van der Waals surface area contributed by atoms with Crippen LogP contribution in [0.15, 0.2) is 18.3 Å². The Labute approximate surface area is 89.8 Å². The molecule has 0 bridgehead atoms. The Morgan fingerprint density at radius 2 is 2.40 bits per heavy atom. The summed E-state index contributed by atoms with van der Waals surface area (Å²) in [6.45, 7) is 2.79. The second-order valence-electron chi connectivity index (χ2n) is 3.61. The van der Waals surface area contributed by atoms with Gasteiger partial charge in [0, 0.05) is 18.8 Å².